The normalized spacial score (nSPS) is 11.2. The SMILES string of the molecule is CCC(=O)NNS(=O)(=O)c1c(F)cccc1F. The highest BCUT2D eigenvalue weighted by molar-refractivity contribution is 7.89. The molecule has 1 amide bonds. The average molecular weight is 264 g/mol. The van der Waals surface area contributed by atoms with Gasteiger partial charge in [-0.25, -0.2) is 17.2 Å². The Balaban J connectivity index is 3.02. The second-order valence-electron chi connectivity index (χ2n) is 3.06. The molecule has 0 aliphatic heterocycles. The van der Waals surface area contributed by atoms with E-state index < -0.39 is 32.5 Å². The largest absolute Gasteiger partial charge is 0.278 e. The molecule has 0 aliphatic rings. The Morgan fingerprint density at radius 3 is 2.29 bits per heavy atom. The van der Waals surface area contributed by atoms with Gasteiger partial charge in [-0.2, -0.15) is 0 Å². The van der Waals surface area contributed by atoms with Crippen LogP contribution in [0, 0.1) is 11.6 Å². The number of hydrogen-bond donors (Lipinski definition) is 2. The maximum Gasteiger partial charge on any atom is 0.263 e. The van der Waals surface area contributed by atoms with Crippen LogP contribution in [0.3, 0.4) is 0 Å². The van der Waals surface area contributed by atoms with Gasteiger partial charge in [0.15, 0.2) is 4.90 Å². The number of rotatable bonds is 4. The van der Waals surface area contributed by atoms with Crippen LogP contribution in [0.1, 0.15) is 13.3 Å². The average Bonchev–Trinajstić information content (AvgIpc) is 2.25. The lowest BCUT2D eigenvalue weighted by Gasteiger charge is -2.08. The summed E-state index contributed by atoms with van der Waals surface area (Å²) in [5, 5.41) is 0. The molecular formula is C9H10F2N2O3S. The molecular weight excluding hydrogens is 254 g/mol. The number of nitrogens with one attached hydrogen (secondary N) is 2. The lowest BCUT2D eigenvalue weighted by atomic mass is 10.3. The maximum atomic E-state index is 13.2. The van der Waals surface area contributed by atoms with Crippen molar-refractivity contribution in [1.82, 2.24) is 10.3 Å². The molecule has 94 valence electrons. The van der Waals surface area contributed by atoms with Crippen molar-refractivity contribution in [2.75, 3.05) is 0 Å². The molecule has 0 saturated carbocycles. The fourth-order valence-electron chi connectivity index (χ4n) is 1.00. The summed E-state index contributed by atoms with van der Waals surface area (Å²) in [5.41, 5.74) is 1.82. The van der Waals surface area contributed by atoms with Crippen LogP contribution in [-0.4, -0.2) is 14.3 Å². The van der Waals surface area contributed by atoms with E-state index in [-0.39, 0.29) is 6.42 Å². The van der Waals surface area contributed by atoms with E-state index in [1.54, 1.807) is 4.83 Å². The lowest BCUT2D eigenvalue weighted by Crippen LogP contribution is -2.41. The Bertz CT molecular complexity index is 511. The molecule has 1 aromatic rings. The molecule has 0 radical (unpaired) electrons. The number of amides is 1. The molecule has 1 aromatic carbocycles. The second kappa shape index (κ2) is 5.19. The first-order valence-electron chi connectivity index (χ1n) is 4.63. The van der Waals surface area contributed by atoms with Crippen molar-refractivity contribution in [3.63, 3.8) is 0 Å². The maximum absolute atomic E-state index is 13.2. The fourth-order valence-corrected chi connectivity index (χ4v) is 2.00. The van der Waals surface area contributed by atoms with Gasteiger partial charge < -0.3 is 0 Å². The quantitative estimate of drug-likeness (QED) is 0.785. The molecule has 0 spiro atoms. The third-order valence-electron chi connectivity index (χ3n) is 1.83. The van der Waals surface area contributed by atoms with Crippen LogP contribution in [0.25, 0.3) is 0 Å². The molecule has 0 heterocycles. The Kier molecular flexibility index (Phi) is 4.13. The molecule has 0 aromatic heterocycles. The molecule has 2 N–H and O–H groups in total. The van der Waals surface area contributed by atoms with Crippen LogP contribution in [0.2, 0.25) is 0 Å². The summed E-state index contributed by atoms with van der Waals surface area (Å²) < 4.78 is 49.3. The summed E-state index contributed by atoms with van der Waals surface area (Å²) in [5.74, 6) is -3.09. The molecule has 5 nitrogen and oxygen atoms in total. The number of benzene rings is 1. The van der Waals surface area contributed by atoms with Crippen molar-refractivity contribution in [1.29, 1.82) is 0 Å². The minimum Gasteiger partial charge on any atom is -0.278 e. The van der Waals surface area contributed by atoms with Crippen molar-refractivity contribution in [2.24, 2.45) is 0 Å². The van der Waals surface area contributed by atoms with Gasteiger partial charge in [0.1, 0.15) is 11.6 Å². The smallest absolute Gasteiger partial charge is 0.263 e. The van der Waals surface area contributed by atoms with Gasteiger partial charge in [0, 0.05) is 6.42 Å². The molecule has 0 bridgehead atoms. The Morgan fingerprint density at radius 2 is 1.82 bits per heavy atom. The van der Waals surface area contributed by atoms with Gasteiger partial charge in [-0.05, 0) is 12.1 Å². The van der Waals surface area contributed by atoms with Gasteiger partial charge in [0.25, 0.3) is 10.0 Å². The van der Waals surface area contributed by atoms with Crippen LogP contribution in [0.4, 0.5) is 8.78 Å². The summed E-state index contributed by atoms with van der Waals surface area (Å²) in [6, 6.07) is 2.65. The van der Waals surface area contributed by atoms with E-state index >= 15 is 0 Å². The Labute approximate surface area is 96.8 Å². The third kappa shape index (κ3) is 3.21. The van der Waals surface area contributed by atoms with Crippen molar-refractivity contribution in [2.45, 2.75) is 18.2 Å². The van der Waals surface area contributed by atoms with Crippen LogP contribution >= 0.6 is 0 Å². The topological polar surface area (TPSA) is 75.3 Å². The molecule has 0 atom stereocenters. The number of halogens is 2. The minimum absolute atomic E-state index is 0.0300. The van der Waals surface area contributed by atoms with Crippen molar-refractivity contribution in [3.05, 3.63) is 29.8 Å². The zero-order chi connectivity index (χ0) is 13.1. The van der Waals surface area contributed by atoms with Crippen LogP contribution < -0.4 is 10.3 Å². The van der Waals surface area contributed by atoms with Gasteiger partial charge in [0.05, 0.1) is 0 Å². The van der Waals surface area contributed by atoms with Gasteiger partial charge in [-0.3, -0.25) is 10.2 Å². The molecule has 17 heavy (non-hydrogen) atoms. The van der Waals surface area contributed by atoms with Gasteiger partial charge in [-0.1, -0.05) is 13.0 Å². The number of carbonyl (C=O) groups is 1. The first-order valence-corrected chi connectivity index (χ1v) is 6.11. The predicted molar refractivity (Wildman–Crippen MR) is 55.1 cm³/mol. The lowest BCUT2D eigenvalue weighted by molar-refractivity contribution is -0.121. The molecule has 8 heteroatoms. The first-order chi connectivity index (χ1) is 7.88. The van der Waals surface area contributed by atoms with Gasteiger partial charge >= 0.3 is 0 Å². The van der Waals surface area contributed by atoms with Gasteiger partial charge in [-0.15, -0.1) is 4.83 Å². The molecule has 0 unspecified atom stereocenters. The highest BCUT2D eigenvalue weighted by Crippen LogP contribution is 2.17. The minimum atomic E-state index is -4.46. The standard InChI is InChI=1S/C9H10F2N2O3S/c1-2-8(14)12-13-17(15,16)9-6(10)4-3-5-7(9)11/h3-5,13H,2H2,1H3,(H,12,14). The zero-order valence-corrected chi connectivity index (χ0v) is 9.64. The van der Waals surface area contributed by atoms with Gasteiger partial charge in [0.2, 0.25) is 5.91 Å². The van der Waals surface area contributed by atoms with Crippen molar-refractivity contribution < 1.29 is 22.0 Å². The first kappa shape index (κ1) is 13.5. The predicted octanol–water partition coefficient (Wildman–Crippen LogP) is 0.684. The molecule has 0 fully saturated rings. The Morgan fingerprint density at radius 1 is 1.29 bits per heavy atom. The van der Waals surface area contributed by atoms with E-state index in [4.69, 9.17) is 0 Å². The van der Waals surface area contributed by atoms with Crippen LogP contribution in [0.5, 0.6) is 0 Å². The van der Waals surface area contributed by atoms with E-state index in [0.717, 1.165) is 18.2 Å². The highest BCUT2D eigenvalue weighted by atomic mass is 32.2. The molecule has 0 aliphatic carbocycles. The second-order valence-corrected chi connectivity index (χ2v) is 4.68. The summed E-state index contributed by atoms with van der Waals surface area (Å²) in [6.45, 7) is 1.49. The van der Waals surface area contributed by atoms with E-state index in [1.807, 2.05) is 5.43 Å². The number of carbonyl (C=O) groups excluding carboxylic acids is 1. The number of hydrogen-bond acceptors (Lipinski definition) is 3. The van der Waals surface area contributed by atoms with E-state index in [1.165, 1.54) is 6.92 Å². The summed E-state index contributed by atoms with van der Waals surface area (Å²) >= 11 is 0. The van der Waals surface area contributed by atoms with E-state index in [2.05, 4.69) is 0 Å². The summed E-state index contributed by atoms with van der Waals surface area (Å²) in [4.78, 5) is 11.3. The monoisotopic (exact) mass is 264 g/mol. The number of sulfonamides is 1. The zero-order valence-electron chi connectivity index (χ0n) is 8.83. The molecule has 0 saturated heterocycles. The van der Waals surface area contributed by atoms with E-state index in [9.17, 15) is 22.0 Å². The third-order valence-corrected chi connectivity index (χ3v) is 3.13. The van der Waals surface area contributed by atoms with Crippen LogP contribution in [-0.2, 0) is 14.8 Å². The fraction of sp³-hybridized carbons (Fsp3) is 0.222. The summed E-state index contributed by atoms with van der Waals surface area (Å²) in [7, 11) is -4.46. The Hall–Kier alpha value is -1.54. The highest BCUT2D eigenvalue weighted by Gasteiger charge is 2.23. The molecule has 1 rings (SSSR count). The number of hydrazine groups is 1. The summed E-state index contributed by atoms with van der Waals surface area (Å²) in [6.07, 6.45) is 0.0300. The van der Waals surface area contributed by atoms with Crippen molar-refractivity contribution in [3.8, 4) is 0 Å². The van der Waals surface area contributed by atoms with E-state index in [0.29, 0.717) is 0 Å². The van der Waals surface area contributed by atoms with Crippen molar-refractivity contribution >= 4 is 15.9 Å². The van der Waals surface area contributed by atoms with Crippen LogP contribution in [0.15, 0.2) is 23.1 Å².